The van der Waals surface area contributed by atoms with Gasteiger partial charge in [-0.3, -0.25) is 10.8 Å². The third kappa shape index (κ3) is 2.66. The number of nitrogens with zero attached hydrogens (tertiary/aromatic N) is 1. The molecule has 1 aromatic heterocycles. The average molecular weight is 277 g/mol. The molecular weight excluding hydrogens is 258 g/mol. The number of aryl methyl sites for hydroxylation is 2. The van der Waals surface area contributed by atoms with Crippen molar-refractivity contribution in [3.05, 3.63) is 77.0 Å². The second-order valence-electron chi connectivity index (χ2n) is 5.42. The fraction of sp³-hybridized carbons (Fsp3) is 0.167. The molecule has 0 saturated carbocycles. The second kappa shape index (κ2) is 5.64. The number of hydrogen-bond acceptors (Lipinski definition) is 3. The number of nitrogens with two attached hydrogens (primary N) is 1. The van der Waals surface area contributed by atoms with E-state index in [1.54, 1.807) is 0 Å². The van der Waals surface area contributed by atoms with Crippen molar-refractivity contribution in [1.29, 1.82) is 0 Å². The monoisotopic (exact) mass is 277 g/mol. The van der Waals surface area contributed by atoms with Crippen molar-refractivity contribution < 1.29 is 0 Å². The van der Waals surface area contributed by atoms with Crippen molar-refractivity contribution in [3.63, 3.8) is 0 Å². The summed E-state index contributed by atoms with van der Waals surface area (Å²) < 4.78 is 0. The first-order valence-electron chi connectivity index (χ1n) is 7.07. The van der Waals surface area contributed by atoms with Crippen LogP contribution in [0.1, 0.15) is 28.3 Å². The Hall–Kier alpha value is -2.23. The number of fused-ring (bicyclic) bond motifs is 1. The molecule has 0 aliphatic carbocycles. The van der Waals surface area contributed by atoms with Crippen LogP contribution in [-0.4, -0.2) is 4.98 Å². The second-order valence-corrected chi connectivity index (χ2v) is 5.42. The molecule has 3 nitrogen and oxygen atoms in total. The van der Waals surface area contributed by atoms with Gasteiger partial charge in [0, 0.05) is 11.6 Å². The molecule has 0 amide bonds. The minimum absolute atomic E-state index is 0.0312. The molecular formula is C18H19N3. The van der Waals surface area contributed by atoms with Gasteiger partial charge in [-0.1, -0.05) is 42.0 Å². The van der Waals surface area contributed by atoms with Crippen LogP contribution < -0.4 is 11.3 Å². The van der Waals surface area contributed by atoms with E-state index in [1.165, 1.54) is 16.7 Å². The van der Waals surface area contributed by atoms with Crippen molar-refractivity contribution in [2.24, 2.45) is 5.84 Å². The Morgan fingerprint density at radius 1 is 1.05 bits per heavy atom. The van der Waals surface area contributed by atoms with E-state index in [-0.39, 0.29) is 6.04 Å². The highest BCUT2D eigenvalue weighted by Gasteiger charge is 2.15. The summed E-state index contributed by atoms with van der Waals surface area (Å²) >= 11 is 0. The van der Waals surface area contributed by atoms with E-state index in [0.717, 1.165) is 16.5 Å². The van der Waals surface area contributed by atoms with Crippen LogP contribution in [0.5, 0.6) is 0 Å². The van der Waals surface area contributed by atoms with E-state index in [9.17, 15) is 0 Å². The number of hydrogen-bond donors (Lipinski definition) is 2. The smallest absolute Gasteiger partial charge is 0.0713 e. The molecule has 1 heterocycles. The molecule has 0 bridgehead atoms. The lowest BCUT2D eigenvalue weighted by atomic mass is 9.93. The Balaban J connectivity index is 2.11. The summed E-state index contributed by atoms with van der Waals surface area (Å²) in [6.07, 6.45) is 1.81. The zero-order valence-corrected chi connectivity index (χ0v) is 12.3. The van der Waals surface area contributed by atoms with E-state index in [0.29, 0.717) is 0 Å². The highest BCUT2D eigenvalue weighted by atomic mass is 15.2. The van der Waals surface area contributed by atoms with Crippen LogP contribution in [0, 0.1) is 13.8 Å². The molecule has 0 aliphatic heterocycles. The first-order chi connectivity index (χ1) is 10.2. The van der Waals surface area contributed by atoms with Gasteiger partial charge in [0.2, 0.25) is 0 Å². The summed E-state index contributed by atoms with van der Waals surface area (Å²) in [5.74, 6) is 5.83. The summed E-state index contributed by atoms with van der Waals surface area (Å²) in [5, 5.41) is 1.14. The molecule has 3 N–H and O–H groups in total. The SMILES string of the molecule is Cc1ccc(C)c(C(NN)c2ccc3cccnc3c2)c1. The fourth-order valence-electron chi connectivity index (χ4n) is 2.70. The predicted octanol–water partition coefficient (Wildman–Crippen LogP) is 3.40. The van der Waals surface area contributed by atoms with Gasteiger partial charge in [0.05, 0.1) is 11.6 Å². The quantitative estimate of drug-likeness (QED) is 0.570. The average Bonchev–Trinajstić information content (AvgIpc) is 2.51. The number of pyridine rings is 1. The maximum atomic E-state index is 5.83. The third-order valence-electron chi connectivity index (χ3n) is 3.88. The van der Waals surface area contributed by atoms with Gasteiger partial charge in [-0.25, -0.2) is 5.43 Å². The van der Waals surface area contributed by atoms with Crippen LogP contribution in [0.2, 0.25) is 0 Å². The minimum atomic E-state index is -0.0312. The molecule has 3 rings (SSSR count). The Bertz CT molecular complexity index is 780. The number of nitrogens with one attached hydrogen (secondary N) is 1. The molecule has 1 atom stereocenters. The normalized spacial score (nSPS) is 12.5. The van der Waals surface area contributed by atoms with Crippen molar-refractivity contribution >= 4 is 10.9 Å². The lowest BCUT2D eigenvalue weighted by Crippen LogP contribution is -2.29. The largest absolute Gasteiger partial charge is 0.271 e. The maximum Gasteiger partial charge on any atom is 0.0713 e. The third-order valence-corrected chi connectivity index (χ3v) is 3.88. The Labute approximate surface area is 124 Å². The van der Waals surface area contributed by atoms with E-state index in [2.05, 4.69) is 66.7 Å². The molecule has 1 unspecified atom stereocenters. The minimum Gasteiger partial charge on any atom is -0.271 e. The summed E-state index contributed by atoms with van der Waals surface area (Å²) in [7, 11) is 0. The van der Waals surface area contributed by atoms with Crippen molar-refractivity contribution in [1.82, 2.24) is 10.4 Å². The summed E-state index contributed by atoms with van der Waals surface area (Å²) in [6, 6.07) is 16.7. The first-order valence-corrected chi connectivity index (χ1v) is 7.07. The number of aromatic nitrogens is 1. The number of benzene rings is 2. The van der Waals surface area contributed by atoms with Gasteiger partial charge in [0.25, 0.3) is 0 Å². The number of rotatable bonds is 3. The molecule has 2 aromatic carbocycles. The molecule has 0 aliphatic rings. The number of hydrazine groups is 1. The van der Waals surface area contributed by atoms with Crippen LogP contribution >= 0.6 is 0 Å². The maximum absolute atomic E-state index is 5.83. The Kier molecular flexibility index (Phi) is 3.69. The molecule has 3 aromatic rings. The summed E-state index contributed by atoms with van der Waals surface area (Å²) in [6.45, 7) is 4.21. The van der Waals surface area contributed by atoms with Gasteiger partial charge in [-0.15, -0.1) is 0 Å². The molecule has 3 heteroatoms. The zero-order chi connectivity index (χ0) is 14.8. The molecule has 21 heavy (non-hydrogen) atoms. The zero-order valence-electron chi connectivity index (χ0n) is 12.3. The predicted molar refractivity (Wildman–Crippen MR) is 86.8 cm³/mol. The van der Waals surface area contributed by atoms with Crippen LogP contribution in [-0.2, 0) is 0 Å². The standard InChI is InChI=1S/C18H19N3/c1-12-5-6-13(2)16(10-12)18(21-19)15-8-7-14-4-3-9-20-17(14)11-15/h3-11,18,21H,19H2,1-2H3. The van der Waals surface area contributed by atoms with Crippen LogP contribution in [0.4, 0.5) is 0 Å². The molecule has 0 spiro atoms. The summed E-state index contributed by atoms with van der Waals surface area (Å²) in [5.41, 5.74) is 8.71. The van der Waals surface area contributed by atoms with Crippen molar-refractivity contribution in [2.45, 2.75) is 19.9 Å². The van der Waals surface area contributed by atoms with Crippen LogP contribution in [0.25, 0.3) is 10.9 Å². The molecule has 0 radical (unpaired) electrons. The Morgan fingerprint density at radius 3 is 2.71 bits per heavy atom. The first kappa shape index (κ1) is 13.7. The molecule has 106 valence electrons. The van der Waals surface area contributed by atoms with Crippen LogP contribution in [0.15, 0.2) is 54.7 Å². The highest BCUT2D eigenvalue weighted by Crippen LogP contribution is 2.27. The lowest BCUT2D eigenvalue weighted by molar-refractivity contribution is 0.634. The van der Waals surface area contributed by atoms with Gasteiger partial charge in [-0.2, -0.15) is 0 Å². The van der Waals surface area contributed by atoms with E-state index in [1.807, 2.05) is 12.3 Å². The fourth-order valence-corrected chi connectivity index (χ4v) is 2.70. The summed E-state index contributed by atoms with van der Waals surface area (Å²) in [4.78, 5) is 4.42. The van der Waals surface area contributed by atoms with Crippen molar-refractivity contribution in [2.75, 3.05) is 0 Å². The van der Waals surface area contributed by atoms with Crippen LogP contribution in [0.3, 0.4) is 0 Å². The van der Waals surface area contributed by atoms with E-state index >= 15 is 0 Å². The van der Waals surface area contributed by atoms with Gasteiger partial charge < -0.3 is 0 Å². The van der Waals surface area contributed by atoms with Gasteiger partial charge in [0.15, 0.2) is 0 Å². The molecule has 0 saturated heterocycles. The Morgan fingerprint density at radius 2 is 1.90 bits per heavy atom. The van der Waals surface area contributed by atoms with E-state index < -0.39 is 0 Å². The lowest BCUT2D eigenvalue weighted by Gasteiger charge is -2.20. The highest BCUT2D eigenvalue weighted by molar-refractivity contribution is 5.79. The van der Waals surface area contributed by atoms with Gasteiger partial charge >= 0.3 is 0 Å². The van der Waals surface area contributed by atoms with Gasteiger partial charge in [0.1, 0.15) is 0 Å². The van der Waals surface area contributed by atoms with Crippen molar-refractivity contribution in [3.8, 4) is 0 Å². The molecule has 0 fully saturated rings. The van der Waals surface area contributed by atoms with Gasteiger partial charge in [-0.05, 0) is 42.7 Å². The topological polar surface area (TPSA) is 50.9 Å². The van der Waals surface area contributed by atoms with E-state index in [4.69, 9.17) is 5.84 Å².